The molecule has 0 bridgehead atoms. The second-order valence-corrected chi connectivity index (χ2v) is 6.40. The normalized spacial score (nSPS) is 22.2. The number of thiophene rings is 1. The molecule has 2 aromatic rings. The largest absolute Gasteiger partial charge is 0.304 e. The van der Waals surface area contributed by atoms with Crippen molar-refractivity contribution in [3.05, 3.63) is 22.4 Å². The number of rotatable bonds is 2. The van der Waals surface area contributed by atoms with E-state index in [-0.39, 0.29) is 0 Å². The lowest BCUT2D eigenvalue weighted by Gasteiger charge is -2.37. The molecule has 1 aliphatic heterocycles. The van der Waals surface area contributed by atoms with Gasteiger partial charge in [0.1, 0.15) is 15.8 Å². The van der Waals surface area contributed by atoms with E-state index in [1.807, 2.05) is 11.4 Å². The number of aromatic nitrogens is 2. The van der Waals surface area contributed by atoms with Crippen LogP contribution in [0.2, 0.25) is 5.15 Å². The molecular weight excluding hydrogens is 280 g/mol. The zero-order valence-electron chi connectivity index (χ0n) is 11.1. The van der Waals surface area contributed by atoms with Crippen LogP contribution < -0.4 is 0 Å². The molecule has 4 nitrogen and oxygen atoms in total. The topological polar surface area (TPSA) is 32.3 Å². The number of piperazine rings is 1. The minimum atomic E-state index is 0.528. The molecule has 1 saturated heterocycles. The first-order valence-corrected chi connectivity index (χ1v) is 7.71. The number of halogens is 1. The van der Waals surface area contributed by atoms with Crippen molar-refractivity contribution in [2.24, 2.45) is 0 Å². The third-order valence-electron chi connectivity index (χ3n) is 3.64. The summed E-state index contributed by atoms with van der Waals surface area (Å²) in [6, 6.07) is 2.50. The van der Waals surface area contributed by atoms with E-state index in [9.17, 15) is 0 Å². The van der Waals surface area contributed by atoms with Gasteiger partial charge in [-0.2, -0.15) is 0 Å². The van der Waals surface area contributed by atoms with Gasteiger partial charge in [-0.25, -0.2) is 9.97 Å². The van der Waals surface area contributed by atoms with Crippen molar-refractivity contribution < 1.29 is 0 Å². The number of hydrogen-bond acceptors (Lipinski definition) is 5. The van der Waals surface area contributed by atoms with Gasteiger partial charge in [-0.05, 0) is 25.4 Å². The van der Waals surface area contributed by atoms with Crippen molar-refractivity contribution in [3.8, 4) is 0 Å². The molecule has 0 aliphatic carbocycles. The molecule has 3 heterocycles. The first kappa shape index (κ1) is 13.2. The van der Waals surface area contributed by atoms with Crippen molar-refractivity contribution in [2.75, 3.05) is 26.7 Å². The number of likely N-dealkylation sites (N-methyl/N-ethyl adjacent to an activating group) is 1. The first-order valence-electron chi connectivity index (χ1n) is 6.45. The van der Waals surface area contributed by atoms with E-state index in [0.29, 0.717) is 11.2 Å². The molecule has 1 aliphatic rings. The molecule has 0 radical (unpaired) electrons. The fraction of sp³-hybridized carbons (Fsp3) is 0.538. The standard InChI is InChI=1S/C13H17ClN4S/c1-9-7-17(2)4-5-18(9)8-11-15-12(14)10-3-6-19-13(10)16-11/h3,6,9H,4-5,7-8H2,1-2H3. The maximum atomic E-state index is 6.21. The summed E-state index contributed by atoms with van der Waals surface area (Å²) in [6.45, 7) is 6.28. The minimum absolute atomic E-state index is 0.528. The Bertz CT molecular complexity index is 585. The van der Waals surface area contributed by atoms with Gasteiger partial charge in [0.25, 0.3) is 0 Å². The molecule has 1 atom stereocenters. The van der Waals surface area contributed by atoms with Crippen LogP contribution in [0.5, 0.6) is 0 Å². The van der Waals surface area contributed by atoms with Crippen molar-refractivity contribution in [2.45, 2.75) is 19.5 Å². The van der Waals surface area contributed by atoms with Crippen LogP contribution in [0.4, 0.5) is 0 Å². The molecule has 19 heavy (non-hydrogen) atoms. The highest BCUT2D eigenvalue weighted by Gasteiger charge is 2.22. The molecule has 2 aromatic heterocycles. The Hall–Kier alpha value is -0.750. The monoisotopic (exact) mass is 296 g/mol. The Kier molecular flexibility index (Phi) is 3.71. The van der Waals surface area contributed by atoms with Gasteiger partial charge in [0, 0.05) is 31.1 Å². The lowest BCUT2D eigenvalue weighted by molar-refractivity contribution is 0.0916. The molecule has 6 heteroatoms. The van der Waals surface area contributed by atoms with Crippen LogP contribution in [0.25, 0.3) is 10.2 Å². The number of hydrogen-bond donors (Lipinski definition) is 0. The third-order valence-corrected chi connectivity index (χ3v) is 4.73. The van der Waals surface area contributed by atoms with E-state index in [0.717, 1.165) is 42.2 Å². The smallest absolute Gasteiger partial charge is 0.145 e. The number of nitrogens with zero attached hydrogens (tertiary/aromatic N) is 4. The van der Waals surface area contributed by atoms with Crippen LogP contribution in [0.3, 0.4) is 0 Å². The highest BCUT2D eigenvalue weighted by Crippen LogP contribution is 2.25. The molecular formula is C13H17ClN4S. The third kappa shape index (κ3) is 2.74. The Morgan fingerprint density at radius 1 is 1.42 bits per heavy atom. The van der Waals surface area contributed by atoms with Crippen LogP contribution in [0, 0.1) is 0 Å². The zero-order valence-corrected chi connectivity index (χ0v) is 12.7. The van der Waals surface area contributed by atoms with E-state index >= 15 is 0 Å². The van der Waals surface area contributed by atoms with Gasteiger partial charge in [0.2, 0.25) is 0 Å². The van der Waals surface area contributed by atoms with Gasteiger partial charge in [-0.1, -0.05) is 11.6 Å². The molecule has 0 amide bonds. The second-order valence-electron chi connectivity index (χ2n) is 5.15. The van der Waals surface area contributed by atoms with Crippen molar-refractivity contribution in [3.63, 3.8) is 0 Å². The Balaban J connectivity index is 1.81. The summed E-state index contributed by atoms with van der Waals surface area (Å²) < 4.78 is 0. The molecule has 1 unspecified atom stereocenters. The molecule has 0 saturated carbocycles. The second kappa shape index (κ2) is 5.32. The van der Waals surface area contributed by atoms with Gasteiger partial charge in [0.15, 0.2) is 0 Å². The highest BCUT2D eigenvalue weighted by molar-refractivity contribution is 7.16. The first-order chi connectivity index (χ1) is 9.13. The minimum Gasteiger partial charge on any atom is -0.304 e. The molecule has 3 rings (SSSR count). The van der Waals surface area contributed by atoms with E-state index in [1.54, 1.807) is 11.3 Å². The summed E-state index contributed by atoms with van der Waals surface area (Å²) in [5.74, 6) is 0.830. The van der Waals surface area contributed by atoms with E-state index in [4.69, 9.17) is 11.6 Å². The van der Waals surface area contributed by atoms with Crippen molar-refractivity contribution >= 4 is 33.2 Å². The Morgan fingerprint density at radius 3 is 3.05 bits per heavy atom. The fourth-order valence-electron chi connectivity index (χ4n) is 2.53. The molecule has 1 fully saturated rings. The quantitative estimate of drug-likeness (QED) is 0.797. The molecule has 0 aromatic carbocycles. The summed E-state index contributed by atoms with van der Waals surface area (Å²) in [7, 11) is 2.17. The van der Waals surface area contributed by atoms with Crippen LogP contribution in [0.1, 0.15) is 12.7 Å². The lowest BCUT2D eigenvalue weighted by atomic mass is 10.2. The average Bonchev–Trinajstić information content (AvgIpc) is 2.81. The van der Waals surface area contributed by atoms with Crippen LogP contribution in [-0.2, 0) is 6.54 Å². The van der Waals surface area contributed by atoms with E-state index in [2.05, 4.69) is 33.7 Å². The van der Waals surface area contributed by atoms with E-state index in [1.165, 1.54) is 0 Å². The van der Waals surface area contributed by atoms with Gasteiger partial charge >= 0.3 is 0 Å². The Labute approximate surface area is 122 Å². The van der Waals surface area contributed by atoms with Crippen LogP contribution in [-0.4, -0.2) is 52.5 Å². The predicted molar refractivity (Wildman–Crippen MR) is 79.8 cm³/mol. The van der Waals surface area contributed by atoms with Gasteiger partial charge in [-0.3, -0.25) is 4.90 Å². The van der Waals surface area contributed by atoms with Crippen LogP contribution >= 0.6 is 22.9 Å². The highest BCUT2D eigenvalue weighted by atomic mass is 35.5. The number of fused-ring (bicyclic) bond motifs is 1. The average molecular weight is 297 g/mol. The summed E-state index contributed by atoms with van der Waals surface area (Å²) >= 11 is 7.83. The Morgan fingerprint density at radius 2 is 2.26 bits per heavy atom. The van der Waals surface area contributed by atoms with Crippen LogP contribution in [0.15, 0.2) is 11.4 Å². The molecule has 102 valence electrons. The predicted octanol–water partition coefficient (Wildman–Crippen LogP) is 2.48. The van der Waals surface area contributed by atoms with Gasteiger partial charge in [0.05, 0.1) is 6.54 Å². The SMILES string of the molecule is CC1CN(C)CCN1Cc1nc(Cl)c2ccsc2n1. The maximum absolute atomic E-state index is 6.21. The summed E-state index contributed by atoms with van der Waals surface area (Å²) in [6.07, 6.45) is 0. The molecule has 0 N–H and O–H groups in total. The van der Waals surface area contributed by atoms with Gasteiger partial charge < -0.3 is 4.90 Å². The fourth-order valence-corrected chi connectivity index (χ4v) is 3.61. The summed E-state index contributed by atoms with van der Waals surface area (Å²) in [5.41, 5.74) is 0. The maximum Gasteiger partial charge on any atom is 0.145 e. The van der Waals surface area contributed by atoms with Crippen molar-refractivity contribution in [1.29, 1.82) is 0 Å². The zero-order chi connectivity index (χ0) is 13.4. The summed E-state index contributed by atoms with van der Waals surface area (Å²) in [5, 5.41) is 3.54. The van der Waals surface area contributed by atoms with Crippen molar-refractivity contribution in [1.82, 2.24) is 19.8 Å². The summed E-state index contributed by atoms with van der Waals surface area (Å²) in [4.78, 5) is 14.8. The molecule has 0 spiro atoms. The van der Waals surface area contributed by atoms with Gasteiger partial charge in [-0.15, -0.1) is 11.3 Å². The lowest BCUT2D eigenvalue weighted by Crippen LogP contribution is -2.50. The van der Waals surface area contributed by atoms with E-state index < -0.39 is 0 Å².